The van der Waals surface area contributed by atoms with E-state index < -0.39 is 43.4 Å². The molecule has 0 radical (unpaired) electrons. The van der Waals surface area contributed by atoms with Gasteiger partial charge in [0.15, 0.2) is 6.29 Å². The van der Waals surface area contributed by atoms with E-state index in [-0.39, 0.29) is 47.1 Å². The zero-order valence-corrected chi connectivity index (χ0v) is 26.0. The van der Waals surface area contributed by atoms with Crippen LogP contribution in [0.5, 0.6) is 0 Å². The quantitative estimate of drug-likeness (QED) is 0.235. The predicted molar refractivity (Wildman–Crippen MR) is 155 cm³/mol. The molecule has 6 N–H and O–H groups in total. The fourth-order valence-electron chi connectivity index (χ4n) is 10.6. The van der Waals surface area contributed by atoms with Crippen LogP contribution in [0.15, 0.2) is 0 Å². The van der Waals surface area contributed by atoms with Crippen molar-refractivity contribution in [2.45, 2.75) is 135 Å². The molecule has 0 aromatic heterocycles. The number of hydrogen-bond donors (Lipinski definition) is 6. The highest BCUT2D eigenvalue weighted by atomic mass is 16.7. The van der Waals surface area contributed by atoms with E-state index in [2.05, 4.69) is 13.8 Å². The van der Waals surface area contributed by atoms with Gasteiger partial charge < -0.3 is 40.1 Å². The number of carbonyl (C=O) groups excluding carboxylic acids is 1. The van der Waals surface area contributed by atoms with Crippen LogP contribution in [0, 0.1) is 52.3 Å². The van der Waals surface area contributed by atoms with Crippen LogP contribution in [-0.2, 0) is 14.3 Å². The van der Waals surface area contributed by atoms with Crippen molar-refractivity contribution in [1.29, 1.82) is 0 Å². The van der Waals surface area contributed by atoms with E-state index >= 15 is 0 Å². The summed E-state index contributed by atoms with van der Waals surface area (Å²) >= 11 is 0. The number of carbonyl (C=O) groups is 1. The van der Waals surface area contributed by atoms with Gasteiger partial charge in [0.05, 0.1) is 25.4 Å². The van der Waals surface area contributed by atoms with E-state index in [1.807, 2.05) is 13.8 Å². The minimum Gasteiger partial charge on any atom is -0.394 e. The van der Waals surface area contributed by atoms with Gasteiger partial charge >= 0.3 is 0 Å². The minimum absolute atomic E-state index is 0.0225. The molecular weight excluding hydrogens is 540 g/mol. The SMILES string of the molecule is C[C@@H](CCC(=O)[C@@H](C)[C@H]1[C@@H](O)C[C@H]2[C@@H]3CC[C@@H]4CC(O)CC[C@]4(C)[C@H]3CC[C@]12C)CO[C@@H]1O[C@H](CO)[C@@H](O)[C@H](O)[C@H]1O. The molecule has 1 aliphatic heterocycles. The van der Waals surface area contributed by atoms with Crippen molar-refractivity contribution >= 4 is 5.78 Å². The first-order valence-electron chi connectivity index (χ1n) is 16.6. The number of aliphatic hydroxyl groups is 6. The standard InChI is InChI=1S/C33H56O9/c1-17(16-41-31-30(40)29(39)28(38)26(15-34)42-31)5-8-24(36)18(2)27-25(37)14-23-21-7-6-19-13-20(35)9-11-32(19,3)22(21)10-12-33(23,27)4/h17-23,25-31,34-35,37-40H,5-16H2,1-4H3/t17-,18+,19+,20?,21+,22-,23-,25-,26+,27-,28+,29-,30+,31+,32-,33-/m0/s1. The molecule has 5 fully saturated rings. The number of fused-ring (bicyclic) bond motifs is 5. The first-order chi connectivity index (χ1) is 19.8. The number of ether oxygens (including phenoxy) is 2. The lowest BCUT2D eigenvalue weighted by Gasteiger charge is -2.61. The summed E-state index contributed by atoms with van der Waals surface area (Å²) in [6.45, 7) is 8.45. The average molecular weight is 597 g/mol. The Bertz CT molecular complexity index is 944. The highest BCUT2D eigenvalue weighted by Crippen LogP contribution is 2.68. The highest BCUT2D eigenvalue weighted by molar-refractivity contribution is 5.81. The third-order valence-corrected chi connectivity index (χ3v) is 13.1. The van der Waals surface area contributed by atoms with Crippen LogP contribution in [0.25, 0.3) is 0 Å². The Balaban J connectivity index is 1.16. The van der Waals surface area contributed by atoms with E-state index in [0.29, 0.717) is 36.5 Å². The Morgan fingerprint density at radius 3 is 2.33 bits per heavy atom. The van der Waals surface area contributed by atoms with Crippen LogP contribution < -0.4 is 0 Å². The smallest absolute Gasteiger partial charge is 0.186 e. The molecule has 0 aromatic rings. The van der Waals surface area contributed by atoms with Gasteiger partial charge in [-0.15, -0.1) is 0 Å². The van der Waals surface area contributed by atoms with Gasteiger partial charge in [-0.1, -0.05) is 27.7 Å². The van der Waals surface area contributed by atoms with Crippen LogP contribution in [0.4, 0.5) is 0 Å². The summed E-state index contributed by atoms with van der Waals surface area (Å²) in [5, 5.41) is 61.3. The summed E-state index contributed by atoms with van der Waals surface area (Å²) in [5.41, 5.74) is 0.229. The Hall–Kier alpha value is -0.650. The summed E-state index contributed by atoms with van der Waals surface area (Å²) in [4.78, 5) is 13.5. The van der Waals surface area contributed by atoms with Crippen LogP contribution in [0.1, 0.15) is 91.9 Å². The Morgan fingerprint density at radius 2 is 1.62 bits per heavy atom. The van der Waals surface area contributed by atoms with Crippen molar-refractivity contribution in [1.82, 2.24) is 0 Å². The van der Waals surface area contributed by atoms with Crippen molar-refractivity contribution in [2.24, 2.45) is 52.3 Å². The zero-order chi connectivity index (χ0) is 30.6. The number of rotatable bonds is 9. The molecule has 1 unspecified atom stereocenters. The Morgan fingerprint density at radius 1 is 0.905 bits per heavy atom. The molecule has 0 spiro atoms. The van der Waals surface area contributed by atoms with E-state index in [9.17, 15) is 35.4 Å². The number of aliphatic hydroxyl groups excluding tert-OH is 6. The van der Waals surface area contributed by atoms with Crippen molar-refractivity contribution in [3.63, 3.8) is 0 Å². The third-order valence-electron chi connectivity index (χ3n) is 13.1. The first-order valence-corrected chi connectivity index (χ1v) is 16.6. The molecule has 9 heteroatoms. The number of Topliss-reactive ketones (excluding diaryl/α,β-unsaturated/α-hetero) is 1. The van der Waals surface area contributed by atoms with Gasteiger partial charge in [0.2, 0.25) is 0 Å². The van der Waals surface area contributed by atoms with Gasteiger partial charge in [-0.2, -0.15) is 0 Å². The Labute approximate surface area is 251 Å². The second-order valence-corrected chi connectivity index (χ2v) is 15.4. The zero-order valence-electron chi connectivity index (χ0n) is 26.0. The van der Waals surface area contributed by atoms with E-state index in [4.69, 9.17) is 9.47 Å². The maximum atomic E-state index is 13.5. The maximum Gasteiger partial charge on any atom is 0.186 e. The van der Waals surface area contributed by atoms with Crippen molar-refractivity contribution in [3.8, 4) is 0 Å². The molecule has 5 aliphatic rings. The lowest BCUT2D eigenvalue weighted by Crippen LogP contribution is -2.59. The summed E-state index contributed by atoms with van der Waals surface area (Å²) in [6, 6.07) is 0. The Kier molecular flexibility index (Phi) is 9.84. The molecule has 0 amide bonds. The van der Waals surface area contributed by atoms with Crippen LogP contribution in [0.3, 0.4) is 0 Å². The van der Waals surface area contributed by atoms with Gasteiger partial charge in [-0.25, -0.2) is 0 Å². The van der Waals surface area contributed by atoms with Crippen molar-refractivity contribution < 1.29 is 44.9 Å². The van der Waals surface area contributed by atoms with E-state index in [1.54, 1.807) is 0 Å². The molecule has 9 nitrogen and oxygen atoms in total. The van der Waals surface area contributed by atoms with Gasteiger partial charge in [0.1, 0.15) is 30.2 Å². The van der Waals surface area contributed by atoms with Gasteiger partial charge in [-0.05, 0) is 104 Å². The van der Waals surface area contributed by atoms with E-state index in [0.717, 1.165) is 38.5 Å². The lowest BCUT2D eigenvalue weighted by molar-refractivity contribution is -0.303. The monoisotopic (exact) mass is 596 g/mol. The molecule has 1 saturated heterocycles. The number of hydrogen-bond acceptors (Lipinski definition) is 9. The summed E-state index contributed by atoms with van der Waals surface area (Å²) in [6.07, 6.45) is 2.06. The maximum absolute atomic E-state index is 13.5. The number of ketones is 1. The molecule has 0 bridgehead atoms. The van der Waals surface area contributed by atoms with Crippen molar-refractivity contribution in [3.05, 3.63) is 0 Å². The fraction of sp³-hybridized carbons (Fsp3) is 0.970. The predicted octanol–water partition coefficient (Wildman–Crippen LogP) is 2.42. The van der Waals surface area contributed by atoms with Crippen LogP contribution >= 0.6 is 0 Å². The highest BCUT2D eigenvalue weighted by Gasteiger charge is 2.63. The van der Waals surface area contributed by atoms with E-state index in [1.165, 1.54) is 12.8 Å². The molecule has 0 aromatic carbocycles. The molecule has 242 valence electrons. The average Bonchev–Trinajstić information content (AvgIpc) is 3.24. The molecule has 16 atom stereocenters. The van der Waals surface area contributed by atoms with Crippen LogP contribution in [0.2, 0.25) is 0 Å². The van der Waals surface area contributed by atoms with Crippen LogP contribution in [-0.4, -0.2) is 92.5 Å². The minimum atomic E-state index is -1.48. The van der Waals surface area contributed by atoms with Gasteiger partial charge in [0, 0.05) is 12.3 Å². The molecule has 4 aliphatic carbocycles. The fourth-order valence-corrected chi connectivity index (χ4v) is 10.6. The second-order valence-electron chi connectivity index (χ2n) is 15.4. The second kappa shape index (κ2) is 12.6. The largest absolute Gasteiger partial charge is 0.394 e. The summed E-state index contributed by atoms with van der Waals surface area (Å²) < 4.78 is 11.1. The summed E-state index contributed by atoms with van der Waals surface area (Å²) in [5.74, 6) is 2.12. The first kappa shape index (κ1) is 32.7. The molecule has 4 saturated carbocycles. The van der Waals surface area contributed by atoms with Gasteiger partial charge in [-0.3, -0.25) is 4.79 Å². The third kappa shape index (κ3) is 5.75. The summed E-state index contributed by atoms with van der Waals surface area (Å²) in [7, 11) is 0. The molecule has 1 heterocycles. The molecular formula is C33H56O9. The molecule has 42 heavy (non-hydrogen) atoms. The lowest BCUT2D eigenvalue weighted by atomic mass is 9.44. The molecule has 5 rings (SSSR count). The topological polar surface area (TPSA) is 157 Å². The van der Waals surface area contributed by atoms with Gasteiger partial charge in [0.25, 0.3) is 0 Å². The van der Waals surface area contributed by atoms with Crippen molar-refractivity contribution in [2.75, 3.05) is 13.2 Å². The normalized spacial score (nSPS) is 50.3.